The van der Waals surface area contributed by atoms with Gasteiger partial charge in [0.25, 0.3) is 0 Å². The lowest BCUT2D eigenvalue weighted by atomic mass is 9.99. The van der Waals surface area contributed by atoms with Crippen LogP contribution in [0, 0.1) is 6.92 Å². The molecular formula is C13H16N2O3S. The first kappa shape index (κ1) is 13.7. The van der Waals surface area contributed by atoms with E-state index in [4.69, 9.17) is 0 Å². The number of thiazole rings is 1. The zero-order valence-electron chi connectivity index (χ0n) is 10.9. The molecule has 1 aliphatic heterocycles. The number of carboxylic acids is 1. The fourth-order valence-corrected chi connectivity index (χ4v) is 2.82. The van der Waals surface area contributed by atoms with Gasteiger partial charge in [0.05, 0.1) is 10.7 Å². The van der Waals surface area contributed by atoms with Crippen molar-refractivity contribution in [3.63, 3.8) is 0 Å². The average Bonchev–Trinajstić information content (AvgIpc) is 2.93. The smallest absolute Gasteiger partial charge is 0.329 e. The van der Waals surface area contributed by atoms with Gasteiger partial charge < -0.3 is 10.0 Å². The van der Waals surface area contributed by atoms with Gasteiger partial charge >= 0.3 is 5.97 Å². The number of carbonyl (C=O) groups is 2. The van der Waals surface area contributed by atoms with Gasteiger partial charge in [0.1, 0.15) is 5.54 Å². The van der Waals surface area contributed by atoms with E-state index in [-0.39, 0.29) is 5.91 Å². The van der Waals surface area contributed by atoms with Crippen LogP contribution in [0.2, 0.25) is 0 Å². The summed E-state index contributed by atoms with van der Waals surface area (Å²) in [7, 11) is 0. The summed E-state index contributed by atoms with van der Waals surface area (Å²) < 4.78 is 0. The van der Waals surface area contributed by atoms with Crippen molar-refractivity contribution in [1.82, 2.24) is 9.88 Å². The number of aromatic nitrogens is 1. The predicted octanol–water partition coefficient (Wildman–Crippen LogP) is 1.93. The topological polar surface area (TPSA) is 70.5 Å². The lowest BCUT2D eigenvalue weighted by Gasteiger charge is -2.30. The SMILES string of the molecule is Cc1nc(C=CC(=O)N2CCCC2(C)C(=O)O)cs1. The van der Waals surface area contributed by atoms with E-state index in [1.165, 1.54) is 22.3 Å². The maximum Gasteiger partial charge on any atom is 0.329 e. The number of rotatable bonds is 3. The first-order valence-corrected chi connectivity index (χ1v) is 6.96. The van der Waals surface area contributed by atoms with E-state index in [0.717, 1.165) is 17.1 Å². The highest BCUT2D eigenvalue weighted by molar-refractivity contribution is 7.09. The molecule has 1 aromatic heterocycles. The Morgan fingerprint density at radius 2 is 2.32 bits per heavy atom. The molecule has 0 aromatic carbocycles. The standard InChI is InChI=1S/C13H16N2O3S/c1-9-14-10(8-19-9)4-5-11(16)15-7-3-6-13(15,2)12(17)18/h4-5,8H,3,6-7H2,1-2H3,(H,17,18). The van der Waals surface area contributed by atoms with Gasteiger partial charge in [-0.25, -0.2) is 9.78 Å². The maximum atomic E-state index is 12.1. The molecule has 0 saturated carbocycles. The maximum absolute atomic E-state index is 12.1. The van der Waals surface area contributed by atoms with Crippen LogP contribution in [0.5, 0.6) is 0 Å². The van der Waals surface area contributed by atoms with E-state index in [9.17, 15) is 14.7 Å². The van der Waals surface area contributed by atoms with Gasteiger partial charge in [0.15, 0.2) is 0 Å². The van der Waals surface area contributed by atoms with E-state index in [0.29, 0.717) is 13.0 Å². The average molecular weight is 280 g/mol. The largest absolute Gasteiger partial charge is 0.480 e. The highest BCUT2D eigenvalue weighted by atomic mass is 32.1. The molecule has 0 spiro atoms. The van der Waals surface area contributed by atoms with E-state index in [1.54, 1.807) is 13.0 Å². The summed E-state index contributed by atoms with van der Waals surface area (Å²) in [5.41, 5.74) is -0.355. The molecule has 1 fully saturated rings. The molecule has 1 amide bonds. The fraction of sp³-hybridized carbons (Fsp3) is 0.462. The van der Waals surface area contributed by atoms with Crippen molar-refractivity contribution in [2.75, 3.05) is 6.54 Å². The predicted molar refractivity (Wildman–Crippen MR) is 72.9 cm³/mol. The quantitative estimate of drug-likeness (QED) is 0.859. The van der Waals surface area contributed by atoms with Crippen LogP contribution in [-0.2, 0) is 9.59 Å². The first-order chi connectivity index (χ1) is 8.93. The van der Waals surface area contributed by atoms with Crippen LogP contribution in [0.25, 0.3) is 6.08 Å². The van der Waals surface area contributed by atoms with Crippen molar-refractivity contribution < 1.29 is 14.7 Å². The fourth-order valence-electron chi connectivity index (χ4n) is 2.24. The lowest BCUT2D eigenvalue weighted by molar-refractivity contribution is -0.153. The summed E-state index contributed by atoms with van der Waals surface area (Å²) in [6, 6.07) is 0. The molecule has 0 bridgehead atoms. The van der Waals surface area contributed by atoms with Crippen molar-refractivity contribution in [1.29, 1.82) is 0 Å². The Morgan fingerprint density at radius 3 is 2.89 bits per heavy atom. The number of aliphatic carboxylic acids is 1. The summed E-state index contributed by atoms with van der Waals surface area (Å²) >= 11 is 1.51. The molecule has 1 unspecified atom stereocenters. The van der Waals surface area contributed by atoms with Gasteiger partial charge in [0.2, 0.25) is 5.91 Å². The lowest BCUT2D eigenvalue weighted by Crippen LogP contribution is -2.50. The molecule has 2 rings (SSSR count). The number of carbonyl (C=O) groups excluding carboxylic acids is 1. The minimum atomic E-state index is -1.08. The molecule has 1 atom stereocenters. The molecule has 0 radical (unpaired) electrons. The number of aryl methyl sites for hydroxylation is 1. The molecule has 5 nitrogen and oxygen atoms in total. The van der Waals surface area contributed by atoms with Gasteiger partial charge in [-0.15, -0.1) is 11.3 Å². The Morgan fingerprint density at radius 1 is 1.58 bits per heavy atom. The monoisotopic (exact) mass is 280 g/mol. The van der Waals surface area contributed by atoms with E-state index in [1.807, 2.05) is 12.3 Å². The molecule has 1 saturated heterocycles. The second-order valence-corrected chi connectivity index (χ2v) is 5.86. The molecular weight excluding hydrogens is 264 g/mol. The highest BCUT2D eigenvalue weighted by Gasteiger charge is 2.45. The number of amides is 1. The normalized spacial score (nSPS) is 23.2. The Kier molecular flexibility index (Phi) is 3.71. The molecule has 6 heteroatoms. The van der Waals surface area contributed by atoms with Gasteiger partial charge in [-0.2, -0.15) is 0 Å². The third-order valence-electron chi connectivity index (χ3n) is 3.40. The molecule has 2 heterocycles. The molecule has 0 aliphatic carbocycles. The Labute approximate surface area is 115 Å². The number of nitrogens with zero attached hydrogens (tertiary/aromatic N) is 2. The summed E-state index contributed by atoms with van der Waals surface area (Å²) in [4.78, 5) is 29.0. The Balaban J connectivity index is 2.12. The third-order valence-corrected chi connectivity index (χ3v) is 4.19. The number of carboxylic acid groups (broad SMARTS) is 1. The van der Waals surface area contributed by atoms with E-state index < -0.39 is 11.5 Å². The Hall–Kier alpha value is -1.69. The van der Waals surface area contributed by atoms with Crippen molar-refractivity contribution in [3.8, 4) is 0 Å². The van der Waals surface area contributed by atoms with Crippen molar-refractivity contribution in [2.24, 2.45) is 0 Å². The van der Waals surface area contributed by atoms with E-state index in [2.05, 4.69) is 4.98 Å². The van der Waals surface area contributed by atoms with Gasteiger partial charge in [0, 0.05) is 18.0 Å². The first-order valence-electron chi connectivity index (χ1n) is 6.09. The molecule has 102 valence electrons. The van der Waals surface area contributed by atoms with Crippen LogP contribution in [0.3, 0.4) is 0 Å². The molecule has 1 aliphatic rings. The molecule has 19 heavy (non-hydrogen) atoms. The van der Waals surface area contributed by atoms with Gasteiger partial charge in [-0.1, -0.05) is 0 Å². The summed E-state index contributed by atoms with van der Waals surface area (Å²) in [6.45, 7) is 3.98. The summed E-state index contributed by atoms with van der Waals surface area (Å²) in [6.07, 6.45) is 4.25. The minimum Gasteiger partial charge on any atom is -0.480 e. The number of hydrogen-bond acceptors (Lipinski definition) is 4. The van der Waals surface area contributed by atoms with Gasteiger partial charge in [-0.05, 0) is 32.8 Å². The number of likely N-dealkylation sites (tertiary alicyclic amines) is 1. The van der Waals surface area contributed by atoms with Crippen molar-refractivity contribution in [2.45, 2.75) is 32.2 Å². The van der Waals surface area contributed by atoms with Crippen molar-refractivity contribution in [3.05, 3.63) is 22.2 Å². The molecule has 1 N–H and O–H groups in total. The number of hydrogen-bond donors (Lipinski definition) is 1. The highest BCUT2D eigenvalue weighted by Crippen LogP contribution is 2.29. The Bertz CT molecular complexity index is 538. The van der Waals surface area contributed by atoms with Crippen LogP contribution in [0.1, 0.15) is 30.5 Å². The summed E-state index contributed by atoms with van der Waals surface area (Å²) in [5.74, 6) is -1.22. The van der Waals surface area contributed by atoms with Crippen LogP contribution in [0.15, 0.2) is 11.5 Å². The van der Waals surface area contributed by atoms with Crippen molar-refractivity contribution >= 4 is 29.3 Å². The second-order valence-electron chi connectivity index (χ2n) is 4.80. The zero-order chi connectivity index (χ0) is 14.0. The van der Waals surface area contributed by atoms with Gasteiger partial charge in [-0.3, -0.25) is 4.79 Å². The van der Waals surface area contributed by atoms with Crippen LogP contribution >= 0.6 is 11.3 Å². The van der Waals surface area contributed by atoms with Crippen LogP contribution in [-0.4, -0.2) is 39.0 Å². The molecule has 1 aromatic rings. The van der Waals surface area contributed by atoms with E-state index >= 15 is 0 Å². The van der Waals surface area contributed by atoms with Crippen LogP contribution in [0.4, 0.5) is 0 Å². The minimum absolute atomic E-state index is 0.270. The third kappa shape index (κ3) is 2.68. The zero-order valence-corrected chi connectivity index (χ0v) is 11.7. The van der Waals surface area contributed by atoms with Crippen LogP contribution < -0.4 is 0 Å². The summed E-state index contributed by atoms with van der Waals surface area (Å²) in [5, 5.41) is 12.0. The second kappa shape index (κ2) is 5.13.